The summed E-state index contributed by atoms with van der Waals surface area (Å²) in [5, 5.41) is 18.1. The smallest absolute Gasteiger partial charge is 0.334 e. The fourth-order valence-electron chi connectivity index (χ4n) is 2.76. The third-order valence-electron chi connectivity index (χ3n) is 4.03. The largest absolute Gasteiger partial charge is 0.353 e. The van der Waals surface area contributed by atoms with Crippen LogP contribution >= 0.6 is 0 Å². The summed E-state index contributed by atoms with van der Waals surface area (Å²) in [5.41, 5.74) is 1.01. The van der Waals surface area contributed by atoms with E-state index in [1.165, 1.54) is 24.5 Å². The predicted molar refractivity (Wildman–Crippen MR) is 103 cm³/mol. The number of hydrogen-bond acceptors (Lipinski definition) is 7. The Morgan fingerprint density at radius 3 is 2.32 bits per heavy atom. The van der Waals surface area contributed by atoms with Crippen LogP contribution < -0.4 is 10.6 Å². The Bertz CT molecular complexity index is 1180. The summed E-state index contributed by atoms with van der Waals surface area (Å²) in [4.78, 5) is 23.3. The van der Waals surface area contributed by atoms with Crippen molar-refractivity contribution < 1.29 is 9.31 Å². The number of halogens is 1. The fourth-order valence-corrected chi connectivity index (χ4v) is 2.76. The van der Waals surface area contributed by atoms with Crippen LogP contribution in [0.2, 0.25) is 0 Å². The molecular formula is C19H13FN6O2. The van der Waals surface area contributed by atoms with Crippen molar-refractivity contribution in [3.63, 3.8) is 0 Å². The predicted octanol–water partition coefficient (Wildman–Crippen LogP) is 4.56. The number of benzene rings is 2. The van der Waals surface area contributed by atoms with E-state index in [-0.39, 0.29) is 17.3 Å². The van der Waals surface area contributed by atoms with Crippen molar-refractivity contribution in [3.05, 3.63) is 83.1 Å². The van der Waals surface area contributed by atoms with Crippen LogP contribution in [0.3, 0.4) is 0 Å². The van der Waals surface area contributed by atoms with Gasteiger partial charge in [-0.3, -0.25) is 15.1 Å². The summed E-state index contributed by atoms with van der Waals surface area (Å²) in [6, 6.07) is 14.8. The maximum Gasteiger partial charge on any atom is 0.353 e. The molecule has 2 aromatic carbocycles. The molecule has 4 rings (SSSR count). The highest BCUT2D eigenvalue weighted by Crippen LogP contribution is 2.34. The van der Waals surface area contributed by atoms with Crippen LogP contribution in [0, 0.1) is 15.9 Å². The maximum absolute atomic E-state index is 13.9. The lowest BCUT2D eigenvalue weighted by Gasteiger charge is -2.11. The Balaban J connectivity index is 1.77. The lowest BCUT2D eigenvalue weighted by Crippen LogP contribution is -2.06. The molecule has 2 N–H and O–H groups in total. The molecule has 2 heterocycles. The zero-order valence-corrected chi connectivity index (χ0v) is 14.3. The van der Waals surface area contributed by atoms with E-state index < -0.39 is 16.4 Å². The summed E-state index contributed by atoms with van der Waals surface area (Å²) in [6.45, 7) is 0. The number of aromatic nitrogens is 3. The van der Waals surface area contributed by atoms with Gasteiger partial charge in [0.15, 0.2) is 0 Å². The lowest BCUT2D eigenvalue weighted by atomic mass is 10.2. The summed E-state index contributed by atoms with van der Waals surface area (Å²) < 4.78 is 13.9. The first-order chi connectivity index (χ1) is 13.6. The fraction of sp³-hybridized carbons (Fsp3) is 0. The van der Waals surface area contributed by atoms with Gasteiger partial charge in [0.2, 0.25) is 11.6 Å². The molecule has 0 amide bonds. The molecule has 0 aliphatic heterocycles. The number of para-hydroxylation sites is 1. The second-order valence-corrected chi connectivity index (χ2v) is 5.78. The van der Waals surface area contributed by atoms with E-state index in [0.29, 0.717) is 5.69 Å². The maximum atomic E-state index is 13.9. The van der Waals surface area contributed by atoms with Crippen LogP contribution in [0.5, 0.6) is 0 Å². The van der Waals surface area contributed by atoms with Gasteiger partial charge in [0.05, 0.1) is 16.1 Å². The highest BCUT2D eigenvalue weighted by Gasteiger charge is 2.24. The molecule has 0 unspecified atom stereocenters. The Kier molecular flexibility index (Phi) is 4.47. The average molecular weight is 376 g/mol. The van der Waals surface area contributed by atoms with Crippen molar-refractivity contribution in [1.82, 2.24) is 15.0 Å². The molecule has 28 heavy (non-hydrogen) atoms. The van der Waals surface area contributed by atoms with Crippen molar-refractivity contribution in [3.8, 4) is 0 Å². The minimum Gasteiger partial charge on any atom is -0.334 e. The van der Waals surface area contributed by atoms with Crippen LogP contribution in [0.4, 0.5) is 33.1 Å². The van der Waals surface area contributed by atoms with Gasteiger partial charge in [-0.15, -0.1) is 0 Å². The third-order valence-corrected chi connectivity index (χ3v) is 4.03. The Morgan fingerprint density at radius 2 is 1.57 bits per heavy atom. The van der Waals surface area contributed by atoms with Gasteiger partial charge in [-0.2, -0.15) is 0 Å². The third kappa shape index (κ3) is 3.28. The molecule has 0 saturated heterocycles. The Hall–Kier alpha value is -4.14. The normalized spacial score (nSPS) is 10.6. The molecule has 0 saturated carbocycles. The Labute approximate surface area is 158 Å². The monoisotopic (exact) mass is 376 g/mol. The molecule has 138 valence electrons. The van der Waals surface area contributed by atoms with Gasteiger partial charge in [-0.1, -0.05) is 18.2 Å². The topological polar surface area (TPSA) is 106 Å². The van der Waals surface area contributed by atoms with Crippen LogP contribution in [-0.4, -0.2) is 19.9 Å². The summed E-state index contributed by atoms with van der Waals surface area (Å²) >= 11 is 0. The number of pyridine rings is 1. The van der Waals surface area contributed by atoms with Gasteiger partial charge >= 0.3 is 5.69 Å². The number of nitro groups is 1. The van der Waals surface area contributed by atoms with Crippen molar-refractivity contribution in [2.45, 2.75) is 0 Å². The van der Waals surface area contributed by atoms with E-state index >= 15 is 0 Å². The molecular weight excluding hydrogens is 363 g/mol. The van der Waals surface area contributed by atoms with Crippen LogP contribution in [0.15, 0.2) is 67.1 Å². The molecule has 0 aliphatic carbocycles. The molecule has 9 heteroatoms. The van der Waals surface area contributed by atoms with Gasteiger partial charge in [0.25, 0.3) is 0 Å². The zero-order chi connectivity index (χ0) is 19.5. The van der Waals surface area contributed by atoms with Crippen LogP contribution in [-0.2, 0) is 0 Å². The van der Waals surface area contributed by atoms with Gasteiger partial charge < -0.3 is 10.6 Å². The van der Waals surface area contributed by atoms with Gasteiger partial charge in [0.1, 0.15) is 12.1 Å². The van der Waals surface area contributed by atoms with Crippen LogP contribution in [0.25, 0.3) is 10.9 Å². The Morgan fingerprint density at radius 1 is 0.857 bits per heavy atom. The first-order valence-corrected chi connectivity index (χ1v) is 8.25. The summed E-state index contributed by atoms with van der Waals surface area (Å²) in [5.74, 6) is -0.689. The SMILES string of the molecule is O=[N+]([O-])c1c(Nc2ccccc2F)ncnc1Nc1cccc2ncccc12. The molecule has 8 nitrogen and oxygen atoms in total. The van der Waals surface area contributed by atoms with Crippen molar-refractivity contribution >= 4 is 39.6 Å². The second-order valence-electron chi connectivity index (χ2n) is 5.78. The molecule has 0 radical (unpaired) electrons. The molecule has 0 aliphatic rings. The minimum atomic E-state index is -0.616. The molecule has 0 atom stereocenters. The zero-order valence-electron chi connectivity index (χ0n) is 14.3. The number of hydrogen-bond donors (Lipinski definition) is 2. The highest BCUT2D eigenvalue weighted by atomic mass is 19.1. The summed E-state index contributed by atoms with van der Waals surface area (Å²) in [6.07, 6.45) is 2.83. The summed E-state index contributed by atoms with van der Waals surface area (Å²) in [7, 11) is 0. The number of anilines is 4. The van der Waals surface area contributed by atoms with Crippen molar-refractivity contribution in [2.24, 2.45) is 0 Å². The minimum absolute atomic E-state index is 0.0183. The number of rotatable bonds is 5. The van der Waals surface area contributed by atoms with Crippen molar-refractivity contribution in [2.75, 3.05) is 10.6 Å². The van der Waals surface area contributed by atoms with E-state index in [1.807, 2.05) is 12.1 Å². The number of nitrogens with zero attached hydrogens (tertiary/aromatic N) is 4. The van der Waals surface area contributed by atoms with E-state index in [0.717, 1.165) is 10.9 Å². The first-order valence-electron chi connectivity index (χ1n) is 8.25. The first kappa shape index (κ1) is 17.3. The number of nitrogens with one attached hydrogen (secondary N) is 2. The number of fused-ring (bicyclic) bond motifs is 1. The molecule has 4 aromatic rings. The van der Waals surface area contributed by atoms with E-state index in [1.54, 1.807) is 30.5 Å². The molecule has 0 spiro atoms. The standard InChI is InChI=1S/C19H13FN6O2/c20-13-6-1-2-7-16(13)25-19-17(26(27)28)18(22-11-23-19)24-15-9-3-8-14-12(15)5-4-10-21-14/h1-11H,(H2,22,23,24,25). The quantitative estimate of drug-likeness (QED) is 0.388. The van der Waals surface area contributed by atoms with E-state index in [9.17, 15) is 14.5 Å². The van der Waals surface area contributed by atoms with E-state index in [2.05, 4.69) is 25.6 Å². The van der Waals surface area contributed by atoms with Crippen molar-refractivity contribution in [1.29, 1.82) is 0 Å². The van der Waals surface area contributed by atoms with Gasteiger partial charge in [0, 0.05) is 17.3 Å². The molecule has 0 fully saturated rings. The van der Waals surface area contributed by atoms with Crippen LogP contribution in [0.1, 0.15) is 0 Å². The molecule has 2 aromatic heterocycles. The van der Waals surface area contributed by atoms with Gasteiger partial charge in [-0.05, 0) is 36.4 Å². The highest BCUT2D eigenvalue weighted by molar-refractivity contribution is 5.93. The average Bonchev–Trinajstić information content (AvgIpc) is 2.70. The molecule has 0 bridgehead atoms. The second kappa shape index (κ2) is 7.23. The van der Waals surface area contributed by atoms with E-state index in [4.69, 9.17) is 0 Å². The van der Waals surface area contributed by atoms with Gasteiger partial charge in [-0.25, -0.2) is 14.4 Å². The lowest BCUT2D eigenvalue weighted by molar-refractivity contribution is -0.383.